The fourth-order valence-corrected chi connectivity index (χ4v) is 5.05. The van der Waals surface area contributed by atoms with E-state index < -0.39 is 28.3 Å². The second-order valence-corrected chi connectivity index (χ2v) is 11.9. The van der Waals surface area contributed by atoms with Crippen molar-refractivity contribution in [2.75, 3.05) is 26.2 Å². The number of carbonyl (C=O) groups excluding carboxylic acids is 2. The maximum absolute atomic E-state index is 12.9. The lowest BCUT2D eigenvalue weighted by molar-refractivity contribution is -0.151. The summed E-state index contributed by atoms with van der Waals surface area (Å²) < 4.78 is 20.9. The minimum Gasteiger partial charge on any atom is -0.598 e. The van der Waals surface area contributed by atoms with Gasteiger partial charge in [0.1, 0.15) is 17.1 Å². The van der Waals surface area contributed by atoms with Crippen molar-refractivity contribution >= 4 is 46.4 Å². The molecular formula is C21H29Cl2N3O5S. The highest BCUT2D eigenvalue weighted by molar-refractivity contribution is 7.90. The van der Waals surface area contributed by atoms with Crippen LogP contribution in [0.5, 0.6) is 5.75 Å². The Balaban J connectivity index is 1.74. The van der Waals surface area contributed by atoms with E-state index in [-0.39, 0.29) is 41.7 Å². The van der Waals surface area contributed by atoms with Gasteiger partial charge in [-0.2, -0.15) is 0 Å². The van der Waals surface area contributed by atoms with Crippen molar-refractivity contribution in [2.24, 2.45) is 5.92 Å². The predicted molar refractivity (Wildman–Crippen MR) is 124 cm³/mol. The van der Waals surface area contributed by atoms with Gasteiger partial charge in [0.2, 0.25) is 5.91 Å². The molecule has 0 radical (unpaired) electrons. The molecule has 3 rings (SSSR count). The molecule has 32 heavy (non-hydrogen) atoms. The van der Waals surface area contributed by atoms with E-state index in [0.29, 0.717) is 36.5 Å². The second-order valence-electron chi connectivity index (χ2n) is 9.07. The summed E-state index contributed by atoms with van der Waals surface area (Å²) in [5.41, 5.74) is 0.528. The lowest BCUT2D eigenvalue weighted by Crippen LogP contribution is -2.53. The fraction of sp³-hybridized carbons (Fsp3) is 0.619. The standard InChI is InChI=1S/C21H29Cl2N3O5S/c1-21(2,3)32(30)25-19(13-8-14(22)15(23)9-16(13)27)12-4-6-26(7-5-12)20(29)17-10-24-18(28)11-31-17/h8-9,12,17,19,25,27H,4-7,10-11H2,1-3H3,(H,24,28)/t17-,19+,32?/m0/s1. The third-order valence-electron chi connectivity index (χ3n) is 5.69. The molecule has 8 nitrogen and oxygen atoms in total. The largest absolute Gasteiger partial charge is 0.598 e. The Morgan fingerprint density at radius 2 is 1.94 bits per heavy atom. The van der Waals surface area contributed by atoms with Gasteiger partial charge in [-0.05, 0) is 45.6 Å². The van der Waals surface area contributed by atoms with E-state index in [1.165, 1.54) is 6.07 Å². The number of morpholine rings is 1. The molecule has 0 saturated carbocycles. The molecule has 178 valence electrons. The van der Waals surface area contributed by atoms with Crippen LogP contribution in [-0.4, -0.2) is 63.5 Å². The van der Waals surface area contributed by atoms with E-state index in [1.807, 2.05) is 20.8 Å². The first-order valence-corrected chi connectivity index (χ1v) is 12.4. The van der Waals surface area contributed by atoms with Crippen molar-refractivity contribution in [3.63, 3.8) is 0 Å². The van der Waals surface area contributed by atoms with Crippen molar-refractivity contribution < 1.29 is 24.0 Å². The number of rotatable bonds is 5. The zero-order valence-corrected chi connectivity index (χ0v) is 20.6. The molecule has 11 heteroatoms. The van der Waals surface area contributed by atoms with Crippen molar-refractivity contribution in [2.45, 2.75) is 50.5 Å². The van der Waals surface area contributed by atoms with E-state index in [0.717, 1.165) is 0 Å². The number of likely N-dealkylation sites (tertiary alicyclic amines) is 1. The normalized spacial score (nSPS) is 22.4. The summed E-state index contributed by atoms with van der Waals surface area (Å²) in [5.74, 6) is -0.397. The van der Waals surface area contributed by atoms with E-state index >= 15 is 0 Å². The van der Waals surface area contributed by atoms with Gasteiger partial charge >= 0.3 is 0 Å². The number of carbonyl (C=O) groups is 2. The van der Waals surface area contributed by atoms with Crippen molar-refractivity contribution in [3.05, 3.63) is 27.7 Å². The molecule has 2 saturated heterocycles. The number of nitrogens with one attached hydrogen (secondary N) is 2. The number of halogens is 2. The molecular weight excluding hydrogens is 477 g/mol. The Morgan fingerprint density at radius 3 is 2.50 bits per heavy atom. The van der Waals surface area contributed by atoms with Gasteiger partial charge in [-0.1, -0.05) is 23.2 Å². The van der Waals surface area contributed by atoms with Crippen LogP contribution in [0.25, 0.3) is 0 Å². The van der Waals surface area contributed by atoms with Gasteiger partial charge in [0.05, 0.1) is 22.6 Å². The molecule has 0 bridgehead atoms. The topological polar surface area (TPSA) is 114 Å². The quantitative estimate of drug-likeness (QED) is 0.529. The van der Waals surface area contributed by atoms with Crippen molar-refractivity contribution in [3.8, 4) is 5.75 Å². The minimum atomic E-state index is -1.39. The lowest BCUT2D eigenvalue weighted by atomic mass is 9.85. The molecule has 2 aliphatic heterocycles. The molecule has 2 amide bonds. The number of hydrogen-bond acceptors (Lipinski definition) is 6. The van der Waals surface area contributed by atoms with Gasteiger partial charge in [0.25, 0.3) is 5.91 Å². The van der Waals surface area contributed by atoms with Crippen LogP contribution in [-0.2, 0) is 25.7 Å². The van der Waals surface area contributed by atoms with E-state index in [1.54, 1.807) is 11.0 Å². The highest BCUT2D eigenvalue weighted by Crippen LogP contribution is 2.40. The molecule has 1 aromatic carbocycles. The van der Waals surface area contributed by atoms with E-state index in [4.69, 9.17) is 27.9 Å². The smallest absolute Gasteiger partial charge is 0.253 e. The number of ether oxygens (including phenoxy) is 1. The average Bonchev–Trinajstić information content (AvgIpc) is 2.74. The summed E-state index contributed by atoms with van der Waals surface area (Å²) in [7, 11) is 0. The number of hydrogen-bond donors (Lipinski definition) is 3. The third-order valence-corrected chi connectivity index (χ3v) is 8.00. The molecule has 1 unspecified atom stereocenters. The van der Waals surface area contributed by atoms with Gasteiger partial charge in [0, 0.05) is 36.1 Å². The van der Waals surface area contributed by atoms with Crippen LogP contribution in [0.1, 0.15) is 45.2 Å². The molecule has 1 aromatic rings. The van der Waals surface area contributed by atoms with Crippen molar-refractivity contribution in [1.29, 1.82) is 0 Å². The Kier molecular flexibility index (Phi) is 8.22. The predicted octanol–water partition coefficient (Wildman–Crippen LogP) is 2.55. The lowest BCUT2D eigenvalue weighted by Gasteiger charge is -2.39. The van der Waals surface area contributed by atoms with E-state index in [2.05, 4.69) is 10.0 Å². The minimum absolute atomic E-state index is 0.000434. The Bertz CT molecular complexity index is 849. The summed E-state index contributed by atoms with van der Waals surface area (Å²) in [4.78, 5) is 25.8. The third kappa shape index (κ3) is 6.01. The van der Waals surface area contributed by atoms with Gasteiger partial charge in [-0.3, -0.25) is 9.59 Å². The Labute approximate surface area is 201 Å². The van der Waals surface area contributed by atoms with Crippen LogP contribution in [0.3, 0.4) is 0 Å². The zero-order chi connectivity index (χ0) is 23.6. The van der Waals surface area contributed by atoms with Crippen LogP contribution in [0.4, 0.5) is 0 Å². The zero-order valence-electron chi connectivity index (χ0n) is 18.3. The SMILES string of the molecule is CC(C)(C)[S+]([O-])N[C@@H](c1cc(Cl)c(Cl)cc1O)C1CCN(C(=O)[C@@H]2CNC(=O)CO2)CC1. The molecule has 2 aliphatic rings. The van der Waals surface area contributed by atoms with Crippen LogP contribution in [0.2, 0.25) is 10.0 Å². The fourth-order valence-electron chi connectivity index (χ4n) is 3.81. The number of aromatic hydroxyl groups is 1. The summed E-state index contributed by atoms with van der Waals surface area (Å²) in [5, 5.41) is 13.8. The van der Waals surface area contributed by atoms with Gasteiger partial charge in [0.15, 0.2) is 6.10 Å². The molecule has 0 spiro atoms. The number of benzene rings is 1. The van der Waals surface area contributed by atoms with E-state index in [9.17, 15) is 19.2 Å². The maximum Gasteiger partial charge on any atom is 0.253 e. The van der Waals surface area contributed by atoms with Crippen LogP contribution in [0, 0.1) is 5.92 Å². The van der Waals surface area contributed by atoms with Crippen LogP contribution >= 0.6 is 23.2 Å². The first kappa shape index (κ1) is 25.4. The van der Waals surface area contributed by atoms with Gasteiger partial charge in [-0.15, -0.1) is 4.72 Å². The van der Waals surface area contributed by atoms with Crippen LogP contribution in [0.15, 0.2) is 12.1 Å². The number of amides is 2. The molecule has 2 fully saturated rings. The Hall–Kier alpha value is -1.23. The summed E-state index contributed by atoms with van der Waals surface area (Å²) in [6.45, 7) is 6.63. The molecule has 2 heterocycles. The monoisotopic (exact) mass is 505 g/mol. The molecule has 0 aromatic heterocycles. The first-order valence-electron chi connectivity index (χ1n) is 10.5. The number of phenolic OH excluding ortho intramolecular Hbond substituents is 1. The first-order chi connectivity index (χ1) is 15.0. The molecule has 3 N–H and O–H groups in total. The Morgan fingerprint density at radius 1 is 1.31 bits per heavy atom. The molecule has 3 atom stereocenters. The molecule has 0 aliphatic carbocycles. The average molecular weight is 506 g/mol. The number of nitrogens with zero attached hydrogens (tertiary/aromatic N) is 1. The summed E-state index contributed by atoms with van der Waals surface area (Å²) in [6.07, 6.45) is 0.582. The second kappa shape index (κ2) is 10.4. The summed E-state index contributed by atoms with van der Waals surface area (Å²) >= 11 is 10.9. The highest BCUT2D eigenvalue weighted by Gasteiger charge is 2.38. The highest BCUT2D eigenvalue weighted by atomic mass is 35.5. The van der Waals surface area contributed by atoms with Gasteiger partial charge < -0.3 is 24.6 Å². The number of piperidine rings is 1. The van der Waals surface area contributed by atoms with Crippen LogP contribution < -0.4 is 10.0 Å². The maximum atomic E-state index is 12.9. The summed E-state index contributed by atoms with van der Waals surface area (Å²) in [6, 6.07) is 2.56. The number of phenols is 1. The van der Waals surface area contributed by atoms with Gasteiger partial charge in [-0.25, -0.2) is 0 Å². The van der Waals surface area contributed by atoms with Crippen molar-refractivity contribution in [1.82, 2.24) is 14.9 Å².